The molecule has 84 valence electrons. The van der Waals surface area contributed by atoms with Crippen LogP contribution in [-0.2, 0) is 4.43 Å². The summed E-state index contributed by atoms with van der Waals surface area (Å²) in [7, 11) is -1.55. The van der Waals surface area contributed by atoms with Crippen molar-refractivity contribution in [3.05, 3.63) is 0 Å². The van der Waals surface area contributed by atoms with Crippen LogP contribution in [0.5, 0.6) is 0 Å². The first kappa shape index (κ1) is 12.2. The topological polar surface area (TPSA) is 29.5 Å². The molecule has 1 N–H and O–H groups in total. The predicted octanol–water partition coefficient (Wildman–Crippen LogP) is 2.64. The lowest BCUT2D eigenvalue weighted by atomic mass is 10.2. The number of aliphatic hydroxyl groups excluding tert-OH is 1. The third kappa shape index (κ3) is 2.81. The van der Waals surface area contributed by atoms with Gasteiger partial charge in [0.2, 0.25) is 0 Å². The molecule has 0 aromatic carbocycles. The average molecular weight is 216 g/mol. The molecule has 0 amide bonds. The fraction of sp³-hybridized carbons (Fsp3) is 1.00. The summed E-state index contributed by atoms with van der Waals surface area (Å²) in [5.41, 5.74) is 0. The summed E-state index contributed by atoms with van der Waals surface area (Å²) in [5.74, 6) is 1.16. The molecule has 1 unspecified atom stereocenters. The van der Waals surface area contributed by atoms with E-state index >= 15 is 0 Å². The Labute approximate surface area is 88.8 Å². The van der Waals surface area contributed by atoms with Gasteiger partial charge in [0.1, 0.15) is 0 Å². The summed E-state index contributed by atoms with van der Waals surface area (Å²) in [6, 6.07) is 0. The number of hydrogen-bond donors (Lipinski definition) is 1. The Morgan fingerprint density at radius 1 is 1.29 bits per heavy atom. The highest BCUT2D eigenvalue weighted by atomic mass is 28.4. The van der Waals surface area contributed by atoms with Gasteiger partial charge < -0.3 is 9.53 Å². The molecule has 2 atom stereocenters. The van der Waals surface area contributed by atoms with Crippen LogP contribution in [0.15, 0.2) is 0 Å². The first-order valence-corrected chi connectivity index (χ1v) is 8.43. The van der Waals surface area contributed by atoms with Crippen LogP contribution in [0.3, 0.4) is 0 Å². The van der Waals surface area contributed by atoms with Crippen LogP contribution in [0, 0.1) is 11.8 Å². The van der Waals surface area contributed by atoms with Gasteiger partial charge in [0, 0.05) is 13.2 Å². The Morgan fingerprint density at radius 2 is 1.86 bits per heavy atom. The summed E-state index contributed by atoms with van der Waals surface area (Å²) < 4.78 is 6.08. The maximum atomic E-state index is 8.92. The van der Waals surface area contributed by atoms with Gasteiger partial charge >= 0.3 is 0 Å². The molecule has 1 fully saturated rings. The van der Waals surface area contributed by atoms with Crippen molar-refractivity contribution < 1.29 is 9.53 Å². The average Bonchev–Trinajstić information content (AvgIpc) is 2.77. The van der Waals surface area contributed by atoms with Crippen LogP contribution in [0.4, 0.5) is 0 Å². The third-order valence-electron chi connectivity index (χ3n) is 3.77. The molecule has 0 aromatic rings. The van der Waals surface area contributed by atoms with Gasteiger partial charge in [-0.2, -0.15) is 0 Å². The summed E-state index contributed by atoms with van der Waals surface area (Å²) >= 11 is 0. The smallest absolute Gasteiger partial charge is 0.191 e. The van der Waals surface area contributed by atoms with Gasteiger partial charge in [0.15, 0.2) is 8.32 Å². The fourth-order valence-electron chi connectivity index (χ4n) is 1.27. The third-order valence-corrected chi connectivity index (χ3v) is 8.27. The molecule has 0 heterocycles. The van der Waals surface area contributed by atoms with E-state index in [0.29, 0.717) is 23.5 Å². The zero-order valence-corrected chi connectivity index (χ0v) is 11.1. The van der Waals surface area contributed by atoms with Gasteiger partial charge in [-0.1, -0.05) is 20.8 Å². The van der Waals surface area contributed by atoms with E-state index in [1.165, 1.54) is 0 Å². The van der Waals surface area contributed by atoms with E-state index in [1.54, 1.807) is 0 Å². The summed E-state index contributed by atoms with van der Waals surface area (Å²) in [5, 5.41) is 9.22. The van der Waals surface area contributed by atoms with Gasteiger partial charge in [0.05, 0.1) is 0 Å². The molecule has 0 bridgehead atoms. The molecule has 0 radical (unpaired) electrons. The van der Waals surface area contributed by atoms with Gasteiger partial charge in [-0.3, -0.25) is 0 Å². The van der Waals surface area contributed by atoms with Crippen LogP contribution < -0.4 is 0 Å². The van der Waals surface area contributed by atoms with E-state index in [9.17, 15) is 0 Å². The van der Waals surface area contributed by atoms with Gasteiger partial charge in [-0.05, 0) is 36.4 Å². The molecule has 2 nitrogen and oxygen atoms in total. The maximum absolute atomic E-state index is 8.92. The highest BCUT2D eigenvalue weighted by Crippen LogP contribution is 2.41. The SMILES string of the molecule is CC(C)(C)[Si](C)(C)OCC1C[C@H]1CO. The molecule has 0 aliphatic heterocycles. The first-order chi connectivity index (χ1) is 6.28. The highest BCUT2D eigenvalue weighted by molar-refractivity contribution is 6.74. The molecule has 1 saturated carbocycles. The Bertz CT molecular complexity index is 196. The molecule has 14 heavy (non-hydrogen) atoms. The minimum absolute atomic E-state index is 0.302. The van der Waals surface area contributed by atoms with E-state index in [2.05, 4.69) is 33.9 Å². The first-order valence-electron chi connectivity index (χ1n) is 5.53. The van der Waals surface area contributed by atoms with E-state index < -0.39 is 8.32 Å². The second-order valence-corrected chi connectivity index (χ2v) is 10.8. The number of rotatable bonds is 4. The maximum Gasteiger partial charge on any atom is 0.191 e. The van der Waals surface area contributed by atoms with Gasteiger partial charge in [-0.15, -0.1) is 0 Å². The molecule has 0 spiro atoms. The summed E-state index contributed by atoms with van der Waals surface area (Å²) in [4.78, 5) is 0. The molecule has 0 aromatic heterocycles. The summed E-state index contributed by atoms with van der Waals surface area (Å²) in [6.45, 7) is 12.5. The van der Waals surface area contributed by atoms with Crippen LogP contribution in [0.25, 0.3) is 0 Å². The van der Waals surface area contributed by atoms with Crippen molar-refractivity contribution >= 4 is 8.32 Å². The minimum Gasteiger partial charge on any atom is -0.417 e. The van der Waals surface area contributed by atoms with Crippen molar-refractivity contribution in [1.82, 2.24) is 0 Å². The molecular weight excluding hydrogens is 192 g/mol. The second kappa shape index (κ2) is 3.95. The van der Waals surface area contributed by atoms with Crippen LogP contribution in [-0.4, -0.2) is 26.6 Å². The molecule has 3 heteroatoms. The van der Waals surface area contributed by atoms with Crippen molar-refractivity contribution in [2.24, 2.45) is 11.8 Å². The molecule has 1 aliphatic rings. The van der Waals surface area contributed by atoms with Gasteiger partial charge in [-0.25, -0.2) is 0 Å². The van der Waals surface area contributed by atoms with Crippen LogP contribution in [0.2, 0.25) is 18.1 Å². The fourth-order valence-corrected chi connectivity index (χ4v) is 2.33. The largest absolute Gasteiger partial charge is 0.417 e. The summed E-state index contributed by atoms with van der Waals surface area (Å²) in [6.07, 6.45) is 1.16. The quantitative estimate of drug-likeness (QED) is 0.732. The molecule has 1 rings (SSSR count). The Balaban J connectivity index is 2.31. The van der Waals surface area contributed by atoms with Crippen molar-refractivity contribution in [2.45, 2.75) is 45.3 Å². The standard InChI is InChI=1S/C11H24O2Si/c1-11(2,3)14(4,5)13-8-10-6-9(10)7-12/h9-10,12H,6-8H2,1-5H3/t9-,10?/m0/s1. The predicted molar refractivity (Wildman–Crippen MR) is 61.8 cm³/mol. The molecule has 0 saturated heterocycles. The molecular formula is C11H24O2Si. The lowest BCUT2D eigenvalue weighted by Gasteiger charge is -2.36. The number of aliphatic hydroxyl groups is 1. The minimum atomic E-state index is -1.55. The lowest BCUT2D eigenvalue weighted by molar-refractivity contribution is 0.232. The van der Waals surface area contributed by atoms with Crippen LogP contribution in [0.1, 0.15) is 27.2 Å². The Kier molecular flexibility index (Phi) is 3.44. The Morgan fingerprint density at radius 3 is 2.21 bits per heavy atom. The zero-order valence-electron chi connectivity index (χ0n) is 10.1. The van der Waals surface area contributed by atoms with E-state index in [0.717, 1.165) is 13.0 Å². The van der Waals surface area contributed by atoms with E-state index in [1.807, 2.05) is 0 Å². The van der Waals surface area contributed by atoms with E-state index in [4.69, 9.17) is 9.53 Å². The zero-order chi connectivity index (χ0) is 11.0. The van der Waals surface area contributed by atoms with Crippen LogP contribution >= 0.6 is 0 Å². The lowest BCUT2D eigenvalue weighted by Crippen LogP contribution is -2.41. The number of hydrogen-bond acceptors (Lipinski definition) is 2. The Hall–Kier alpha value is 0.137. The highest BCUT2D eigenvalue weighted by Gasteiger charge is 2.41. The van der Waals surface area contributed by atoms with Gasteiger partial charge in [0.25, 0.3) is 0 Å². The van der Waals surface area contributed by atoms with Crippen molar-refractivity contribution in [3.63, 3.8) is 0 Å². The van der Waals surface area contributed by atoms with Crippen molar-refractivity contribution in [2.75, 3.05) is 13.2 Å². The van der Waals surface area contributed by atoms with Crippen molar-refractivity contribution in [3.8, 4) is 0 Å². The monoisotopic (exact) mass is 216 g/mol. The van der Waals surface area contributed by atoms with Crippen molar-refractivity contribution in [1.29, 1.82) is 0 Å². The van der Waals surface area contributed by atoms with E-state index in [-0.39, 0.29) is 0 Å². The second-order valence-electron chi connectivity index (χ2n) is 6.01. The molecule has 1 aliphatic carbocycles. The normalized spacial score (nSPS) is 27.9.